The zero-order chi connectivity index (χ0) is 14.0. The lowest BCUT2D eigenvalue weighted by Crippen LogP contribution is -2.41. The highest BCUT2D eigenvalue weighted by atomic mass is 19.2. The largest absolute Gasteiger partial charge is 0.480 e. The van der Waals surface area contributed by atoms with E-state index in [1.807, 2.05) is 0 Å². The van der Waals surface area contributed by atoms with Crippen LogP contribution in [0.1, 0.15) is 29.6 Å². The third-order valence-electron chi connectivity index (χ3n) is 3.07. The summed E-state index contributed by atoms with van der Waals surface area (Å²) in [5, 5.41) is 11.2. The average Bonchev–Trinajstić information content (AvgIpc) is 3.15. The summed E-state index contributed by atoms with van der Waals surface area (Å²) < 4.78 is 26.4. The highest BCUT2D eigenvalue weighted by molar-refractivity contribution is 5.96. The second-order valence-electron chi connectivity index (χ2n) is 4.64. The Morgan fingerprint density at radius 3 is 2.63 bits per heavy atom. The molecule has 102 valence electrons. The Hall–Kier alpha value is -1.98. The molecule has 0 radical (unpaired) electrons. The number of aliphatic carboxylic acids is 1. The molecule has 0 aliphatic heterocycles. The van der Waals surface area contributed by atoms with Crippen LogP contribution in [0.4, 0.5) is 8.78 Å². The minimum atomic E-state index is -1.27. The molecule has 2 N–H and O–H groups in total. The standard InChI is InChI=1S/C13H13F2NO3/c14-9-3-1-2-8(11(9)15)12(17)16-10(13(18)19)6-7-4-5-7/h1-3,7,10H,4-6H2,(H,16,17)(H,18,19)/t10-/m0/s1. The molecule has 1 aromatic carbocycles. The van der Waals surface area contributed by atoms with E-state index in [1.54, 1.807) is 0 Å². The molecular formula is C13H13F2NO3. The predicted octanol–water partition coefficient (Wildman–Crippen LogP) is 1.95. The van der Waals surface area contributed by atoms with Gasteiger partial charge in [-0.3, -0.25) is 4.79 Å². The number of benzene rings is 1. The van der Waals surface area contributed by atoms with E-state index in [4.69, 9.17) is 5.11 Å². The lowest BCUT2D eigenvalue weighted by Gasteiger charge is -2.14. The lowest BCUT2D eigenvalue weighted by molar-refractivity contribution is -0.139. The van der Waals surface area contributed by atoms with Gasteiger partial charge in [0.05, 0.1) is 5.56 Å². The smallest absolute Gasteiger partial charge is 0.326 e. The Bertz CT molecular complexity index is 515. The fraction of sp³-hybridized carbons (Fsp3) is 0.385. The molecule has 1 saturated carbocycles. The van der Waals surface area contributed by atoms with Crippen molar-refractivity contribution < 1.29 is 23.5 Å². The van der Waals surface area contributed by atoms with E-state index in [0.717, 1.165) is 25.0 Å². The minimum absolute atomic E-state index is 0.291. The highest BCUT2D eigenvalue weighted by Gasteiger charge is 2.31. The van der Waals surface area contributed by atoms with Crippen LogP contribution in [-0.4, -0.2) is 23.0 Å². The second kappa shape index (κ2) is 5.34. The maximum atomic E-state index is 13.4. The number of carboxylic acid groups (broad SMARTS) is 1. The molecule has 4 nitrogen and oxygen atoms in total. The molecule has 1 amide bonds. The molecule has 1 aromatic rings. The molecule has 0 saturated heterocycles. The van der Waals surface area contributed by atoms with Gasteiger partial charge in [-0.15, -0.1) is 0 Å². The van der Waals surface area contributed by atoms with Crippen LogP contribution in [0.2, 0.25) is 0 Å². The summed E-state index contributed by atoms with van der Waals surface area (Å²) in [5.74, 6) is -4.20. The summed E-state index contributed by atoms with van der Waals surface area (Å²) in [5.41, 5.74) is -0.484. The van der Waals surface area contributed by atoms with Crippen molar-refractivity contribution in [3.8, 4) is 0 Å². The summed E-state index contributed by atoms with van der Waals surface area (Å²) in [7, 11) is 0. The highest BCUT2D eigenvalue weighted by Crippen LogP contribution is 2.33. The summed E-state index contributed by atoms with van der Waals surface area (Å²) in [6, 6.07) is 2.14. The molecule has 2 rings (SSSR count). The number of hydrogen-bond donors (Lipinski definition) is 2. The Morgan fingerprint density at radius 2 is 2.05 bits per heavy atom. The van der Waals surface area contributed by atoms with Crippen LogP contribution < -0.4 is 5.32 Å². The van der Waals surface area contributed by atoms with E-state index in [2.05, 4.69) is 5.32 Å². The van der Waals surface area contributed by atoms with Gasteiger partial charge in [0, 0.05) is 0 Å². The van der Waals surface area contributed by atoms with Crippen molar-refractivity contribution in [2.75, 3.05) is 0 Å². The van der Waals surface area contributed by atoms with E-state index in [1.165, 1.54) is 6.07 Å². The van der Waals surface area contributed by atoms with Crippen molar-refractivity contribution >= 4 is 11.9 Å². The molecule has 6 heteroatoms. The van der Waals surface area contributed by atoms with Crippen molar-refractivity contribution in [1.29, 1.82) is 0 Å². The average molecular weight is 269 g/mol. The molecule has 19 heavy (non-hydrogen) atoms. The maximum absolute atomic E-state index is 13.4. The number of amides is 1. The van der Waals surface area contributed by atoms with Crippen LogP contribution in [0.25, 0.3) is 0 Å². The fourth-order valence-electron chi connectivity index (χ4n) is 1.82. The van der Waals surface area contributed by atoms with E-state index >= 15 is 0 Å². The molecule has 0 bridgehead atoms. The van der Waals surface area contributed by atoms with Crippen LogP contribution in [0.3, 0.4) is 0 Å². The van der Waals surface area contributed by atoms with Gasteiger partial charge in [-0.2, -0.15) is 0 Å². The van der Waals surface area contributed by atoms with Gasteiger partial charge in [-0.05, 0) is 24.5 Å². The van der Waals surface area contributed by atoms with Crippen LogP contribution in [-0.2, 0) is 4.79 Å². The third kappa shape index (κ3) is 3.27. The number of carbonyl (C=O) groups excluding carboxylic acids is 1. The first-order chi connectivity index (χ1) is 8.99. The number of hydrogen-bond acceptors (Lipinski definition) is 2. The first-order valence-corrected chi connectivity index (χ1v) is 5.96. The summed E-state index contributed by atoms with van der Waals surface area (Å²) in [4.78, 5) is 22.8. The van der Waals surface area contributed by atoms with Gasteiger partial charge in [-0.25, -0.2) is 13.6 Å². The molecule has 0 unspecified atom stereocenters. The van der Waals surface area contributed by atoms with Crippen LogP contribution in [0.15, 0.2) is 18.2 Å². The Balaban J connectivity index is 2.09. The van der Waals surface area contributed by atoms with Gasteiger partial charge in [0.2, 0.25) is 0 Å². The normalized spacial score (nSPS) is 15.9. The molecule has 1 aliphatic carbocycles. The fourth-order valence-corrected chi connectivity index (χ4v) is 1.82. The number of halogens is 2. The summed E-state index contributed by atoms with van der Waals surface area (Å²) in [6.45, 7) is 0. The van der Waals surface area contributed by atoms with Gasteiger partial charge in [0.15, 0.2) is 11.6 Å². The van der Waals surface area contributed by atoms with Crippen molar-refractivity contribution in [2.45, 2.75) is 25.3 Å². The zero-order valence-electron chi connectivity index (χ0n) is 10.0. The zero-order valence-corrected chi connectivity index (χ0v) is 10.0. The van der Waals surface area contributed by atoms with Crippen LogP contribution in [0.5, 0.6) is 0 Å². The first kappa shape index (κ1) is 13.5. The van der Waals surface area contributed by atoms with Crippen LogP contribution >= 0.6 is 0 Å². The van der Waals surface area contributed by atoms with Gasteiger partial charge >= 0.3 is 5.97 Å². The molecule has 0 aromatic heterocycles. The first-order valence-electron chi connectivity index (χ1n) is 5.96. The monoisotopic (exact) mass is 269 g/mol. The molecular weight excluding hydrogens is 256 g/mol. The van der Waals surface area contributed by atoms with Crippen molar-refractivity contribution in [1.82, 2.24) is 5.32 Å². The molecule has 1 atom stereocenters. The second-order valence-corrected chi connectivity index (χ2v) is 4.64. The lowest BCUT2D eigenvalue weighted by atomic mass is 10.1. The molecule has 1 fully saturated rings. The van der Waals surface area contributed by atoms with Gasteiger partial charge in [-0.1, -0.05) is 18.9 Å². The van der Waals surface area contributed by atoms with Gasteiger partial charge in [0.25, 0.3) is 5.91 Å². The SMILES string of the molecule is O=C(N[C@@H](CC1CC1)C(=O)O)c1cccc(F)c1F. The maximum Gasteiger partial charge on any atom is 0.326 e. The minimum Gasteiger partial charge on any atom is -0.480 e. The number of carboxylic acids is 1. The van der Waals surface area contributed by atoms with Crippen molar-refractivity contribution in [3.63, 3.8) is 0 Å². The summed E-state index contributed by atoms with van der Waals surface area (Å²) in [6.07, 6.45) is 2.19. The topological polar surface area (TPSA) is 66.4 Å². The third-order valence-corrected chi connectivity index (χ3v) is 3.07. The summed E-state index contributed by atoms with van der Waals surface area (Å²) >= 11 is 0. The molecule has 0 heterocycles. The Morgan fingerprint density at radius 1 is 1.37 bits per heavy atom. The van der Waals surface area contributed by atoms with Gasteiger partial charge < -0.3 is 10.4 Å². The number of nitrogens with one attached hydrogen (secondary N) is 1. The van der Waals surface area contributed by atoms with E-state index in [-0.39, 0.29) is 0 Å². The van der Waals surface area contributed by atoms with Crippen LogP contribution in [0, 0.1) is 17.6 Å². The van der Waals surface area contributed by atoms with Crippen molar-refractivity contribution in [3.05, 3.63) is 35.4 Å². The Labute approximate surface area is 108 Å². The number of carbonyl (C=O) groups is 2. The van der Waals surface area contributed by atoms with E-state index < -0.39 is 35.1 Å². The number of rotatable bonds is 5. The predicted molar refractivity (Wildman–Crippen MR) is 62.6 cm³/mol. The van der Waals surface area contributed by atoms with Gasteiger partial charge in [0.1, 0.15) is 6.04 Å². The van der Waals surface area contributed by atoms with E-state index in [0.29, 0.717) is 12.3 Å². The van der Waals surface area contributed by atoms with Crippen molar-refractivity contribution in [2.24, 2.45) is 5.92 Å². The molecule has 0 spiro atoms. The van der Waals surface area contributed by atoms with E-state index in [9.17, 15) is 18.4 Å². The molecule has 1 aliphatic rings. The quantitative estimate of drug-likeness (QED) is 0.858. The Kier molecular flexibility index (Phi) is 3.78.